The van der Waals surface area contributed by atoms with Crippen LogP contribution in [0.4, 0.5) is 0 Å². The van der Waals surface area contributed by atoms with Gasteiger partial charge in [0, 0.05) is 0 Å². The van der Waals surface area contributed by atoms with E-state index >= 15 is 0 Å². The number of rotatable bonds is 0. The summed E-state index contributed by atoms with van der Waals surface area (Å²) in [4.78, 5) is 21.6. The molecule has 0 aromatic rings. The van der Waals surface area contributed by atoms with Crippen LogP contribution in [0.25, 0.3) is 0 Å². The molecule has 0 radical (unpaired) electrons. The van der Waals surface area contributed by atoms with Crippen LogP contribution >= 0.6 is 7.82 Å². The molecule has 46 valence electrons. The summed E-state index contributed by atoms with van der Waals surface area (Å²) in [5.74, 6) is 0. The van der Waals surface area contributed by atoms with Crippen molar-refractivity contribution in [2.75, 3.05) is 0 Å². The zero-order chi connectivity index (χ0) is 4.50. The summed E-state index contributed by atoms with van der Waals surface area (Å²) >= 11 is 0. The second-order valence-electron chi connectivity index (χ2n) is 0.513. The van der Waals surface area contributed by atoms with E-state index in [1.54, 1.807) is 0 Å². The maximum absolute atomic E-state index is 8.88. The van der Waals surface area contributed by atoms with Gasteiger partial charge in [-0.15, -0.1) is 0 Å². The van der Waals surface area contributed by atoms with E-state index in [1.165, 1.54) is 0 Å². The minimum absolute atomic E-state index is 0. The molecule has 0 amide bonds. The van der Waals surface area contributed by atoms with Gasteiger partial charge in [0.25, 0.3) is 0 Å². The van der Waals surface area contributed by atoms with Crippen molar-refractivity contribution in [2.45, 2.75) is 0 Å². The number of hydrogen-bond donors (Lipinski definition) is 3. The van der Waals surface area contributed by atoms with Crippen LogP contribution < -0.4 is 207 Å². The van der Waals surface area contributed by atoms with Gasteiger partial charge < -0.3 is 24.7 Å². The Labute approximate surface area is 238 Å². The van der Waals surface area contributed by atoms with Crippen LogP contribution in [0.15, 0.2) is 0 Å². The summed E-state index contributed by atoms with van der Waals surface area (Å²) in [7, 11) is -4.64. The minimum Gasteiger partial charge on any atom is -1.00 e. The number of hydrogen-bond acceptors (Lipinski definition) is 1. The SMILES string of the molecule is O=P(O)(O)O.[H-].[H-].[H-].[H-].[H-].[H-].[H-].[Na+].[Na+].[Na+].[Na+].[Na+].[Na+].[Na+]. The van der Waals surface area contributed by atoms with E-state index in [0.29, 0.717) is 0 Å². The molecule has 0 aliphatic carbocycles. The van der Waals surface area contributed by atoms with Crippen LogP contribution in [-0.2, 0) is 4.57 Å². The van der Waals surface area contributed by atoms with Crippen LogP contribution in [0, 0.1) is 0 Å². The van der Waals surface area contributed by atoms with Gasteiger partial charge in [0.05, 0.1) is 0 Å². The van der Waals surface area contributed by atoms with Gasteiger partial charge in [-0.3, -0.25) is 0 Å². The van der Waals surface area contributed by atoms with Gasteiger partial charge in [-0.2, -0.15) is 0 Å². The van der Waals surface area contributed by atoms with Crippen molar-refractivity contribution in [3.8, 4) is 0 Å². The van der Waals surface area contributed by atoms with E-state index in [1.807, 2.05) is 0 Å². The zero-order valence-corrected chi connectivity index (χ0v) is 24.1. The van der Waals surface area contributed by atoms with Gasteiger partial charge in [-0.25, -0.2) is 4.57 Å². The van der Waals surface area contributed by atoms with Crippen molar-refractivity contribution in [3.05, 3.63) is 0 Å². The van der Waals surface area contributed by atoms with Crippen molar-refractivity contribution >= 4 is 7.82 Å². The van der Waals surface area contributed by atoms with Gasteiger partial charge in [-0.1, -0.05) is 0 Å². The third-order valence-corrected chi connectivity index (χ3v) is 0. The molecular formula is H10Na7O4P. The molecule has 0 aromatic heterocycles. The monoisotopic (exact) mass is 266 g/mol. The summed E-state index contributed by atoms with van der Waals surface area (Å²) < 4.78 is 8.88. The van der Waals surface area contributed by atoms with Gasteiger partial charge in [0.15, 0.2) is 0 Å². The molecule has 0 bridgehead atoms. The Kier molecular flexibility index (Phi) is 131. The molecule has 0 aliphatic rings. The van der Waals surface area contributed by atoms with Gasteiger partial charge in [-0.05, 0) is 0 Å². The van der Waals surface area contributed by atoms with Crippen molar-refractivity contribution < 1.29 is 236 Å². The van der Waals surface area contributed by atoms with Crippen LogP contribution in [0.2, 0.25) is 0 Å². The Morgan fingerprint density at radius 2 is 0.667 bits per heavy atom. The van der Waals surface area contributed by atoms with E-state index in [2.05, 4.69) is 0 Å². The molecule has 0 atom stereocenters. The number of phosphoric acid groups is 1. The standard InChI is InChI=1S/7Na.H3O4P.7H/c;;;;;;;1-5(2,3)4;;;;;;;/h;;;;;;;(H3,1,2,3,4);;;;;;;/q7*+1;;7*-1. The molecule has 0 saturated heterocycles. The molecule has 12 heavy (non-hydrogen) atoms. The van der Waals surface area contributed by atoms with E-state index in [0.717, 1.165) is 0 Å². The van der Waals surface area contributed by atoms with Crippen molar-refractivity contribution in [3.63, 3.8) is 0 Å². The fraction of sp³-hybridized carbons (Fsp3) is 0. The second-order valence-corrected chi connectivity index (χ2v) is 1.54. The first-order chi connectivity index (χ1) is 2.00. The molecule has 0 fully saturated rings. The van der Waals surface area contributed by atoms with Crippen LogP contribution in [0.5, 0.6) is 0 Å². The molecule has 0 unspecified atom stereocenters. The maximum Gasteiger partial charge on any atom is 1.00 e. The second kappa shape index (κ2) is 30.8. The molecule has 0 heterocycles. The van der Waals surface area contributed by atoms with Crippen molar-refractivity contribution in [2.24, 2.45) is 0 Å². The summed E-state index contributed by atoms with van der Waals surface area (Å²) in [5.41, 5.74) is 0. The Morgan fingerprint density at radius 3 is 0.667 bits per heavy atom. The molecule has 3 N–H and O–H groups in total. The van der Waals surface area contributed by atoms with Gasteiger partial charge in [0.1, 0.15) is 0 Å². The van der Waals surface area contributed by atoms with Gasteiger partial charge in [0.2, 0.25) is 0 Å². The topological polar surface area (TPSA) is 77.8 Å². The van der Waals surface area contributed by atoms with Gasteiger partial charge >= 0.3 is 215 Å². The van der Waals surface area contributed by atoms with E-state index < -0.39 is 7.82 Å². The molecular weight excluding hydrogens is 256 g/mol. The zero-order valence-electron chi connectivity index (χ0n) is 16.2. The molecule has 4 nitrogen and oxygen atoms in total. The average molecular weight is 266 g/mol. The van der Waals surface area contributed by atoms with E-state index in [4.69, 9.17) is 19.2 Å². The summed E-state index contributed by atoms with van der Waals surface area (Å²) in [6, 6.07) is 0. The summed E-state index contributed by atoms with van der Waals surface area (Å²) in [5, 5.41) is 0. The van der Waals surface area contributed by atoms with E-state index in [9.17, 15) is 0 Å². The van der Waals surface area contributed by atoms with E-state index in [-0.39, 0.29) is 217 Å². The smallest absolute Gasteiger partial charge is 1.00 e. The molecule has 0 rings (SSSR count). The molecule has 0 saturated carbocycles. The minimum atomic E-state index is -4.64. The fourth-order valence-corrected chi connectivity index (χ4v) is 0. The average Bonchev–Trinajstić information content (AvgIpc) is 0.722. The van der Waals surface area contributed by atoms with Crippen LogP contribution in [0.1, 0.15) is 9.99 Å². The Hall–Kier alpha value is 7.11. The first-order valence-corrected chi connectivity index (χ1v) is 2.35. The first kappa shape index (κ1) is 50.8. The molecule has 0 aromatic carbocycles. The third kappa shape index (κ3) is 87.8. The summed E-state index contributed by atoms with van der Waals surface area (Å²) in [6.45, 7) is 0. The first-order valence-electron chi connectivity index (χ1n) is 0.783. The summed E-state index contributed by atoms with van der Waals surface area (Å²) in [6.07, 6.45) is 0. The third-order valence-electron chi connectivity index (χ3n) is 0. The Balaban J connectivity index is -0.000000000879. The van der Waals surface area contributed by atoms with Crippen LogP contribution in [0.3, 0.4) is 0 Å². The van der Waals surface area contributed by atoms with Crippen molar-refractivity contribution in [1.82, 2.24) is 0 Å². The van der Waals surface area contributed by atoms with Crippen molar-refractivity contribution in [1.29, 1.82) is 0 Å². The quantitative estimate of drug-likeness (QED) is 0.300. The largest absolute Gasteiger partial charge is 1.00 e. The normalized spacial score (nSPS) is 4.92. The molecule has 0 aliphatic heterocycles. The predicted octanol–water partition coefficient (Wildman–Crippen LogP) is -21.1. The molecule has 0 spiro atoms. The Bertz CT molecular complexity index is 79.6. The fourth-order valence-electron chi connectivity index (χ4n) is 0. The maximum atomic E-state index is 8.88. The van der Waals surface area contributed by atoms with Crippen LogP contribution in [-0.4, -0.2) is 14.7 Å². The predicted molar refractivity (Wildman–Crippen MR) is 22.0 cm³/mol. The Morgan fingerprint density at radius 1 is 0.667 bits per heavy atom. The molecule has 12 heteroatoms.